The van der Waals surface area contributed by atoms with Crippen molar-refractivity contribution in [3.8, 4) is 5.75 Å². The summed E-state index contributed by atoms with van der Waals surface area (Å²) in [5.41, 5.74) is 2.83. The van der Waals surface area contributed by atoms with Crippen LogP contribution in [0, 0.1) is 3.57 Å². The van der Waals surface area contributed by atoms with Crippen molar-refractivity contribution >= 4 is 34.2 Å². The average Bonchev–Trinajstić information content (AvgIpc) is 2.76. The predicted molar refractivity (Wildman–Crippen MR) is 93.2 cm³/mol. The molecule has 1 heterocycles. The highest BCUT2D eigenvalue weighted by molar-refractivity contribution is 14.1. The maximum atomic E-state index is 10.7. The Balaban J connectivity index is 2.03. The first-order valence-electron chi connectivity index (χ1n) is 6.79. The molecule has 0 radical (unpaired) electrons. The van der Waals surface area contributed by atoms with Gasteiger partial charge in [0.25, 0.3) is 0 Å². The fourth-order valence-electron chi connectivity index (χ4n) is 2.61. The third-order valence-electron chi connectivity index (χ3n) is 3.89. The molecule has 4 heteroatoms. The highest BCUT2D eigenvalue weighted by atomic mass is 127. The highest BCUT2D eigenvalue weighted by Gasteiger charge is 2.32. The van der Waals surface area contributed by atoms with Crippen LogP contribution in [0.15, 0.2) is 36.4 Å². The van der Waals surface area contributed by atoms with E-state index < -0.39 is 6.10 Å². The number of hydrogen-bond donors (Lipinski definition) is 1. The minimum atomic E-state index is -0.683. The summed E-state index contributed by atoms with van der Waals surface area (Å²) in [6.45, 7) is 4.98. The van der Waals surface area contributed by atoms with Gasteiger partial charge in [0.2, 0.25) is 0 Å². The van der Waals surface area contributed by atoms with Crippen LogP contribution in [-0.2, 0) is 5.41 Å². The molecule has 0 fully saturated rings. The van der Waals surface area contributed by atoms with E-state index in [1.165, 1.54) is 0 Å². The Morgan fingerprint density at radius 3 is 2.76 bits per heavy atom. The van der Waals surface area contributed by atoms with Gasteiger partial charge in [-0.1, -0.05) is 31.5 Å². The maximum Gasteiger partial charge on any atom is 0.123 e. The Morgan fingerprint density at radius 1 is 1.24 bits per heavy atom. The maximum absolute atomic E-state index is 10.7. The van der Waals surface area contributed by atoms with E-state index in [-0.39, 0.29) is 5.41 Å². The summed E-state index contributed by atoms with van der Waals surface area (Å²) in [5, 5.41) is 11.3. The van der Waals surface area contributed by atoms with Gasteiger partial charge in [-0.3, -0.25) is 0 Å². The molecular weight excluding hydrogens is 399 g/mol. The van der Waals surface area contributed by atoms with E-state index >= 15 is 0 Å². The summed E-state index contributed by atoms with van der Waals surface area (Å²) in [4.78, 5) is 0. The molecule has 2 nitrogen and oxygen atoms in total. The largest absolute Gasteiger partial charge is 0.492 e. The van der Waals surface area contributed by atoms with Gasteiger partial charge < -0.3 is 9.84 Å². The lowest BCUT2D eigenvalue weighted by molar-refractivity contribution is 0.219. The Labute approximate surface area is 143 Å². The van der Waals surface area contributed by atoms with Gasteiger partial charge in [-0.25, -0.2) is 0 Å². The molecule has 0 saturated carbocycles. The first-order chi connectivity index (χ1) is 9.88. The molecule has 3 rings (SSSR count). The van der Waals surface area contributed by atoms with Crippen molar-refractivity contribution in [1.82, 2.24) is 0 Å². The molecule has 1 unspecified atom stereocenters. The molecule has 1 N–H and O–H groups in total. The second kappa shape index (κ2) is 5.45. The lowest BCUT2D eigenvalue weighted by Gasteiger charge is -2.18. The zero-order valence-corrected chi connectivity index (χ0v) is 14.8. The first-order valence-corrected chi connectivity index (χ1v) is 8.24. The molecule has 0 aliphatic carbocycles. The number of halogens is 2. The van der Waals surface area contributed by atoms with Gasteiger partial charge >= 0.3 is 0 Å². The normalized spacial score (nSPS) is 17.2. The van der Waals surface area contributed by atoms with Crippen LogP contribution >= 0.6 is 34.2 Å². The zero-order valence-electron chi connectivity index (χ0n) is 11.9. The van der Waals surface area contributed by atoms with Crippen molar-refractivity contribution in [3.05, 3.63) is 61.7 Å². The predicted octanol–water partition coefficient (Wildman–Crippen LogP) is 4.70. The van der Waals surface area contributed by atoms with E-state index in [1.807, 2.05) is 36.4 Å². The van der Waals surface area contributed by atoms with Crippen molar-refractivity contribution in [1.29, 1.82) is 0 Å². The third-order valence-corrected chi connectivity index (χ3v) is 5.11. The smallest absolute Gasteiger partial charge is 0.123 e. The fraction of sp³-hybridized carbons (Fsp3) is 0.294. The van der Waals surface area contributed by atoms with Crippen molar-refractivity contribution < 1.29 is 9.84 Å². The molecule has 1 atom stereocenters. The minimum Gasteiger partial charge on any atom is -0.492 e. The molecule has 0 spiro atoms. The van der Waals surface area contributed by atoms with E-state index in [4.69, 9.17) is 16.3 Å². The monoisotopic (exact) mass is 414 g/mol. The lowest BCUT2D eigenvalue weighted by atomic mass is 9.85. The number of aliphatic hydroxyl groups is 1. The number of fused-ring (bicyclic) bond motifs is 1. The van der Waals surface area contributed by atoms with Crippen LogP contribution in [0.3, 0.4) is 0 Å². The van der Waals surface area contributed by atoms with Crippen LogP contribution in [0.25, 0.3) is 0 Å². The summed E-state index contributed by atoms with van der Waals surface area (Å²) in [5.74, 6) is 0.914. The lowest BCUT2D eigenvalue weighted by Crippen LogP contribution is -2.18. The molecule has 1 aliphatic heterocycles. The van der Waals surface area contributed by atoms with E-state index in [9.17, 15) is 5.11 Å². The van der Waals surface area contributed by atoms with Crippen LogP contribution in [0.4, 0.5) is 0 Å². The topological polar surface area (TPSA) is 29.5 Å². The molecule has 0 amide bonds. The summed E-state index contributed by atoms with van der Waals surface area (Å²) < 4.78 is 6.69. The second-order valence-corrected chi connectivity index (χ2v) is 7.60. The Hall–Kier alpha value is -0.780. The molecular formula is C17H16ClIO2. The molecule has 110 valence electrons. The fourth-order valence-corrected chi connectivity index (χ4v) is 3.42. The summed E-state index contributed by atoms with van der Waals surface area (Å²) in [6.07, 6.45) is -0.683. The van der Waals surface area contributed by atoms with Gasteiger partial charge in [-0.05, 0) is 64.0 Å². The average molecular weight is 415 g/mol. The van der Waals surface area contributed by atoms with Crippen LogP contribution in [-0.4, -0.2) is 11.7 Å². The Kier molecular flexibility index (Phi) is 3.93. The van der Waals surface area contributed by atoms with Gasteiger partial charge in [0, 0.05) is 19.6 Å². The van der Waals surface area contributed by atoms with Crippen molar-refractivity contribution in [2.45, 2.75) is 25.4 Å². The van der Waals surface area contributed by atoms with Crippen molar-refractivity contribution in [2.75, 3.05) is 6.61 Å². The number of benzene rings is 2. The number of rotatable bonds is 2. The second-order valence-electron chi connectivity index (χ2n) is 6.00. The molecule has 2 aromatic rings. The van der Waals surface area contributed by atoms with E-state index in [1.54, 1.807) is 0 Å². The van der Waals surface area contributed by atoms with E-state index in [2.05, 4.69) is 36.4 Å². The number of ether oxygens (including phenoxy) is 1. The first kappa shape index (κ1) is 15.1. The molecule has 1 aliphatic rings. The van der Waals surface area contributed by atoms with Gasteiger partial charge in [0.1, 0.15) is 11.9 Å². The van der Waals surface area contributed by atoms with Crippen LogP contribution in [0.1, 0.15) is 36.6 Å². The SMILES string of the molecule is CC1(C)COc2ccc(C(O)c3cc(Cl)ccc3I)cc21. The standard InChI is InChI=1S/C17H16ClIO2/c1-17(2)9-21-15-6-3-10(7-13(15)17)16(20)12-8-11(18)4-5-14(12)19/h3-8,16,20H,9H2,1-2H3. The zero-order chi connectivity index (χ0) is 15.2. The highest BCUT2D eigenvalue weighted by Crippen LogP contribution is 2.40. The Bertz CT molecular complexity index is 697. The molecule has 2 aromatic carbocycles. The number of hydrogen-bond acceptors (Lipinski definition) is 2. The Morgan fingerprint density at radius 2 is 2.00 bits per heavy atom. The third kappa shape index (κ3) is 2.79. The van der Waals surface area contributed by atoms with Gasteiger partial charge in [0.05, 0.1) is 6.61 Å². The van der Waals surface area contributed by atoms with Gasteiger partial charge in [-0.15, -0.1) is 0 Å². The van der Waals surface area contributed by atoms with E-state index in [0.717, 1.165) is 26.0 Å². The van der Waals surface area contributed by atoms with Crippen molar-refractivity contribution in [2.24, 2.45) is 0 Å². The van der Waals surface area contributed by atoms with Crippen LogP contribution in [0.5, 0.6) is 5.75 Å². The quantitative estimate of drug-likeness (QED) is 0.722. The molecule has 0 bridgehead atoms. The van der Waals surface area contributed by atoms with Gasteiger partial charge in [0.15, 0.2) is 0 Å². The number of aliphatic hydroxyl groups excluding tert-OH is 1. The minimum absolute atomic E-state index is 0.0213. The summed E-state index contributed by atoms with van der Waals surface area (Å²) >= 11 is 8.27. The molecule has 0 aromatic heterocycles. The summed E-state index contributed by atoms with van der Waals surface area (Å²) in [7, 11) is 0. The van der Waals surface area contributed by atoms with Gasteiger partial charge in [-0.2, -0.15) is 0 Å². The van der Waals surface area contributed by atoms with E-state index in [0.29, 0.717) is 11.6 Å². The molecule has 21 heavy (non-hydrogen) atoms. The van der Waals surface area contributed by atoms with Crippen molar-refractivity contribution in [3.63, 3.8) is 0 Å². The van der Waals surface area contributed by atoms with Crippen LogP contribution in [0.2, 0.25) is 5.02 Å². The van der Waals surface area contributed by atoms with Crippen LogP contribution < -0.4 is 4.74 Å². The summed E-state index contributed by atoms with van der Waals surface area (Å²) in [6, 6.07) is 11.5. The molecule has 0 saturated heterocycles.